The van der Waals surface area contributed by atoms with Crippen molar-refractivity contribution in [2.75, 3.05) is 13.2 Å². The number of carbonyl (C=O) groups is 1. The Bertz CT molecular complexity index is 502. The number of amides is 1. The van der Waals surface area contributed by atoms with Crippen molar-refractivity contribution in [3.8, 4) is 5.75 Å². The average Bonchev–Trinajstić information content (AvgIpc) is 2.41. The maximum absolute atomic E-state index is 11.9. The molecule has 0 saturated carbocycles. The van der Waals surface area contributed by atoms with Crippen LogP contribution in [0, 0.1) is 10.1 Å². The molecule has 0 heterocycles. The van der Waals surface area contributed by atoms with Crippen LogP contribution in [0.25, 0.3) is 0 Å². The van der Waals surface area contributed by atoms with Crippen LogP contribution in [0.1, 0.15) is 37.0 Å². The van der Waals surface area contributed by atoms with Crippen molar-refractivity contribution in [3.63, 3.8) is 0 Å². The van der Waals surface area contributed by atoms with Gasteiger partial charge >= 0.3 is 0 Å². The standard InChI is InChI=1S/C14H20N2O5/c1-10(2)21-8-4-3-7-15-14(18)12-9-11(17)5-6-13(12)16(19)20/h5-6,9-10,17H,3-4,7-8H2,1-2H3,(H,15,18). The fraction of sp³-hybridized carbons (Fsp3) is 0.500. The second kappa shape index (κ2) is 8.21. The lowest BCUT2D eigenvalue weighted by molar-refractivity contribution is -0.385. The third kappa shape index (κ3) is 5.78. The monoisotopic (exact) mass is 296 g/mol. The Balaban J connectivity index is 2.49. The summed E-state index contributed by atoms with van der Waals surface area (Å²) < 4.78 is 5.36. The van der Waals surface area contributed by atoms with Gasteiger partial charge in [0, 0.05) is 19.2 Å². The molecule has 0 aromatic heterocycles. The lowest BCUT2D eigenvalue weighted by Crippen LogP contribution is -2.25. The van der Waals surface area contributed by atoms with Crippen LogP contribution in [-0.2, 0) is 4.74 Å². The van der Waals surface area contributed by atoms with E-state index in [-0.39, 0.29) is 23.1 Å². The molecular weight excluding hydrogens is 276 g/mol. The second-order valence-corrected chi connectivity index (χ2v) is 4.84. The highest BCUT2D eigenvalue weighted by Gasteiger charge is 2.20. The third-order valence-corrected chi connectivity index (χ3v) is 2.73. The molecule has 1 aromatic rings. The van der Waals surface area contributed by atoms with Gasteiger partial charge in [-0.15, -0.1) is 0 Å². The van der Waals surface area contributed by atoms with Crippen LogP contribution in [0.2, 0.25) is 0 Å². The molecule has 0 atom stereocenters. The van der Waals surface area contributed by atoms with E-state index in [0.717, 1.165) is 18.6 Å². The lowest BCUT2D eigenvalue weighted by atomic mass is 10.1. The Morgan fingerprint density at radius 1 is 1.43 bits per heavy atom. The highest BCUT2D eigenvalue weighted by molar-refractivity contribution is 5.98. The van der Waals surface area contributed by atoms with Crippen molar-refractivity contribution in [3.05, 3.63) is 33.9 Å². The van der Waals surface area contributed by atoms with Crippen LogP contribution in [0.15, 0.2) is 18.2 Å². The quantitative estimate of drug-likeness (QED) is 0.435. The van der Waals surface area contributed by atoms with Crippen molar-refractivity contribution in [2.45, 2.75) is 32.8 Å². The van der Waals surface area contributed by atoms with Crippen LogP contribution < -0.4 is 5.32 Å². The van der Waals surface area contributed by atoms with Gasteiger partial charge in [-0.25, -0.2) is 0 Å². The van der Waals surface area contributed by atoms with E-state index in [4.69, 9.17) is 4.74 Å². The number of benzene rings is 1. The normalized spacial score (nSPS) is 10.6. The van der Waals surface area contributed by atoms with Crippen molar-refractivity contribution >= 4 is 11.6 Å². The van der Waals surface area contributed by atoms with E-state index in [1.165, 1.54) is 6.07 Å². The number of rotatable bonds is 8. The number of carbonyl (C=O) groups excluding carboxylic acids is 1. The number of hydrogen-bond donors (Lipinski definition) is 2. The van der Waals surface area contributed by atoms with Crippen LogP contribution in [0.4, 0.5) is 5.69 Å². The molecule has 0 aliphatic heterocycles. The highest BCUT2D eigenvalue weighted by Crippen LogP contribution is 2.23. The van der Waals surface area contributed by atoms with Gasteiger partial charge in [-0.3, -0.25) is 14.9 Å². The number of nitrogens with one attached hydrogen (secondary N) is 1. The molecule has 1 rings (SSSR count). The van der Waals surface area contributed by atoms with E-state index in [2.05, 4.69) is 5.32 Å². The first-order chi connectivity index (χ1) is 9.91. The molecule has 7 heteroatoms. The van der Waals surface area contributed by atoms with Crippen molar-refractivity contribution in [1.29, 1.82) is 0 Å². The third-order valence-electron chi connectivity index (χ3n) is 2.73. The van der Waals surface area contributed by atoms with Gasteiger partial charge in [-0.1, -0.05) is 0 Å². The number of nitro groups is 1. The smallest absolute Gasteiger partial charge is 0.282 e. The van der Waals surface area contributed by atoms with E-state index in [0.29, 0.717) is 19.6 Å². The van der Waals surface area contributed by atoms with Crippen LogP contribution in [0.5, 0.6) is 5.75 Å². The van der Waals surface area contributed by atoms with Crippen molar-refractivity contribution in [1.82, 2.24) is 5.32 Å². The minimum atomic E-state index is -0.648. The van der Waals surface area contributed by atoms with Gasteiger partial charge in [0.25, 0.3) is 11.6 Å². The van der Waals surface area contributed by atoms with E-state index in [9.17, 15) is 20.0 Å². The summed E-state index contributed by atoms with van der Waals surface area (Å²) in [5.41, 5.74) is -0.466. The summed E-state index contributed by atoms with van der Waals surface area (Å²) in [5.74, 6) is -0.751. The molecule has 0 unspecified atom stereocenters. The number of nitrogens with zero attached hydrogens (tertiary/aromatic N) is 1. The number of aromatic hydroxyl groups is 1. The molecule has 0 radical (unpaired) electrons. The van der Waals surface area contributed by atoms with Gasteiger partial charge < -0.3 is 15.2 Å². The number of nitro benzene ring substituents is 1. The minimum Gasteiger partial charge on any atom is -0.508 e. The lowest BCUT2D eigenvalue weighted by Gasteiger charge is -2.08. The predicted octanol–water partition coefficient (Wildman–Crippen LogP) is 2.24. The van der Waals surface area contributed by atoms with Crippen LogP contribution in [-0.4, -0.2) is 35.2 Å². The van der Waals surface area contributed by atoms with Gasteiger partial charge in [0.15, 0.2) is 0 Å². The summed E-state index contributed by atoms with van der Waals surface area (Å²) in [6, 6.07) is 3.38. The molecule has 0 saturated heterocycles. The molecule has 21 heavy (non-hydrogen) atoms. The predicted molar refractivity (Wildman–Crippen MR) is 77.4 cm³/mol. The largest absolute Gasteiger partial charge is 0.508 e. The zero-order chi connectivity index (χ0) is 15.8. The molecule has 7 nitrogen and oxygen atoms in total. The molecule has 1 aromatic carbocycles. The Kier molecular flexibility index (Phi) is 6.61. The number of ether oxygens (including phenoxy) is 1. The summed E-state index contributed by atoms with van der Waals surface area (Å²) in [7, 11) is 0. The van der Waals surface area contributed by atoms with E-state index < -0.39 is 10.8 Å². The maximum atomic E-state index is 11.9. The van der Waals surface area contributed by atoms with E-state index in [1.807, 2.05) is 13.8 Å². The summed E-state index contributed by atoms with van der Waals surface area (Å²) in [5, 5.41) is 22.8. The minimum absolute atomic E-state index is 0.140. The SMILES string of the molecule is CC(C)OCCCCNC(=O)c1cc(O)ccc1[N+](=O)[O-]. The zero-order valence-corrected chi connectivity index (χ0v) is 12.2. The molecule has 2 N–H and O–H groups in total. The van der Waals surface area contributed by atoms with Gasteiger partial charge in [-0.05, 0) is 38.8 Å². The molecule has 0 aliphatic rings. The number of phenols is 1. The van der Waals surface area contributed by atoms with Gasteiger partial charge in [0.1, 0.15) is 11.3 Å². The van der Waals surface area contributed by atoms with Crippen LogP contribution >= 0.6 is 0 Å². The van der Waals surface area contributed by atoms with Gasteiger partial charge in [-0.2, -0.15) is 0 Å². The van der Waals surface area contributed by atoms with Gasteiger partial charge in [0.05, 0.1) is 11.0 Å². The molecule has 116 valence electrons. The number of unbranched alkanes of at least 4 members (excludes halogenated alkanes) is 1. The Labute approximate surface area is 123 Å². The first-order valence-corrected chi connectivity index (χ1v) is 6.79. The topological polar surface area (TPSA) is 102 Å². The summed E-state index contributed by atoms with van der Waals surface area (Å²) in [6.45, 7) is 4.90. The van der Waals surface area contributed by atoms with Gasteiger partial charge in [0.2, 0.25) is 0 Å². The Hall–Kier alpha value is -2.15. The van der Waals surface area contributed by atoms with E-state index >= 15 is 0 Å². The van der Waals surface area contributed by atoms with E-state index in [1.54, 1.807) is 0 Å². The Morgan fingerprint density at radius 2 is 2.14 bits per heavy atom. The maximum Gasteiger partial charge on any atom is 0.282 e. The molecule has 0 aliphatic carbocycles. The van der Waals surface area contributed by atoms with Crippen molar-refractivity contribution in [2.24, 2.45) is 0 Å². The highest BCUT2D eigenvalue weighted by atomic mass is 16.6. The zero-order valence-electron chi connectivity index (χ0n) is 12.2. The summed E-state index contributed by atoms with van der Waals surface area (Å²) >= 11 is 0. The number of phenolic OH excluding ortho intramolecular Hbond substituents is 1. The summed E-state index contributed by atoms with van der Waals surface area (Å²) in [4.78, 5) is 22.1. The molecule has 0 spiro atoms. The Morgan fingerprint density at radius 3 is 2.76 bits per heavy atom. The molecule has 0 bridgehead atoms. The first kappa shape index (κ1) is 16.9. The second-order valence-electron chi connectivity index (χ2n) is 4.84. The summed E-state index contributed by atoms with van der Waals surface area (Å²) in [6.07, 6.45) is 1.68. The molecular formula is C14H20N2O5. The fourth-order valence-corrected chi connectivity index (χ4v) is 1.71. The number of hydrogen-bond acceptors (Lipinski definition) is 5. The molecule has 0 fully saturated rings. The first-order valence-electron chi connectivity index (χ1n) is 6.79. The van der Waals surface area contributed by atoms with Crippen LogP contribution in [0.3, 0.4) is 0 Å². The molecule has 1 amide bonds. The average molecular weight is 296 g/mol. The fourth-order valence-electron chi connectivity index (χ4n) is 1.71. The van der Waals surface area contributed by atoms with Crippen molar-refractivity contribution < 1.29 is 19.6 Å².